The van der Waals surface area contributed by atoms with Crippen molar-refractivity contribution >= 4 is 57.4 Å². The highest BCUT2D eigenvalue weighted by Gasteiger charge is 2.15. The zero-order valence-corrected chi connectivity index (χ0v) is 32.8. The van der Waals surface area contributed by atoms with Crippen molar-refractivity contribution in [2.45, 2.75) is 51.6 Å². The molecular weight excluding hydrogens is 787 g/mol. The van der Waals surface area contributed by atoms with E-state index in [1.165, 1.54) is 9.36 Å². The van der Waals surface area contributed by atoms with Crippen molar-refractivity contribution in [1.29, 1.82) is 0 Å². The van der Waals surface area contributed by atoms with Crippen LogP contribution >= 0.6 is 0 Å². The third-order valence-corrected chi connectivity index (χ3v) is 9.24. The van der Waals surface area contributed by atoms with Crippen molar-refractivity contribution in [3.63, 3.8) is 0 Å². The van der Waals surface area contributed by atoms with Crippen LogP contribution in [0.5, 0.6) is 11.5 Å². The van der Waals surface area contributed by atoms with Crippen molar-refractivity contribution in [3.05, 3.63) is 85.7 Å². The quantitative estimate of drug-likeness (QED) is 0.142. The summed E-state index contributed by atoms with van der Waals surface area (Å²) in [5.41, 5.74) is 10.6. The average Bonchev–Trinajstić information content (AvgIpc) is 4.10. The van der Waals surface area contributed by atoms with Crippen molar-refractivity contribution in [2.24, 2.45) is 5.73 Å². The molecule has 0 aliphatic carbocycles. The molecule has 5 N–H and O–H groups in total. The number of nitrogens with one attached hydrogen (secondary N) is 2. The Morgan fingerprint density at radius 3 is 2.38 bits per heavy atom. The molecule has 0 atom stereocenters. The Morgan fingerprint density at radius 2 is 1.61 bits per heavy atom. The van der Waals surface area contributed by atoms with E-state index in [9.17, 15) is 9.59 Å². The minimum absolute atomic E-state index is 0.0215. The molecule has 0 amide bonds. The fourth-order valence-electron chi connectivity index (χ4n) is 6.08. The predicted molar refractivity (Wildman–Crippen MR) is 220 cm³/mol. The number of aromatic nitrogens is 14. The first-order chi connectivity index (χ1) is 29.9. The van der Waals surface area contributed by atoms with E-state index >= 15 is 0 Å². The van der Waals surface area contributed by atoms with Gasteiger partial charge in [0, 0.05) is 30.8 Å². The van der Waals surface area contributed by atoms with Crippen molar-refractivity contribution in [1.82, 2.24) is 69.5 Å². The molecule has 0 unspecified atom stereocenters. The number of benzene rings is 2. The summed E-state index contributed by atoms with van der Waals surface area (Å²) in [5, 5.41) is 40.2. The first-order valence-corrected chi connectivity index (χ1v) is 19.5. The number of hydrogen-bond donors (Lipinski definition) is 4. The largest absolute Gasteiger partial charge is 0.494 e. The summed E-state index contributed by atoms with van der Waals surface area (Å²) >= 11 is 0. The Balaban J connectivity index is 0.000000168. The highest BCUT2D eigenvalue weighted by atomic mass is 16.5. The first-order valence-electron chi connectivity index (χ1n) is 19.5. The van der Waals surface area contributed by atoms with Crippen LogP contribution in [0, 0.1) is 0 Å². The lowest BCUT2D eigenvalue weighted by atomic mass is 10.1. The smallest absolute Gasteiger partial charge is 0.305 e. The minimum Gasteiger partial charge on any atom is -0.494 e. The Labute approximate surface area is 346 Å². The fraction of sp³-hybridized carbons (Fsp3) is 0.282. The molecule has 10 rings (SSSR count). The number of aliphatic carboxylic acids is 1. The third kappa shape index (κ3) is 10.2. The Kier molecular flexibility index (Phi) is 12.3. The van der Waals surface area contributed by atoms with E-state index in [-0.39, 0.29) is 18.7 Å². The number of fused-ring (bicyclic) bond motifs is 10. The zero-order chi connectivity index (χ0) is 42.0. The molecule has 61 heavy (non-hydrogen) atoms. The maximum atomic E-state index is 12.2. The second-order valence-corrected chi connectivity index (χ2v) is 13.8. The van der Waals surface area contributed by atoms with Crippen LogP contribution < -0.4 is 25.8 Å². The Bertz CT molecular complexity index is 2720. The summed E-state index contributed by atoms with van der Waals surface area (Å²) in [6, 6.07) is 15.0. The Morgan fingerprint density at radius 1 is 0.869 bits per heavy atom. The SMILES string of the molecule is NCCCOc1ccc(Nc2ncc3nnn(-c4cnn(CCC(=O)O)c4)c3n2)cc1.O=C1CCCCOc2ccc(cc2)Nc2ncc3nnn(c3n2)-c2cnn(c2)CC1. The van der Waals surface area contributed by atoms with E-state index in [0.717, 1.165) is 47.8 Å². The lowest BCUT2D eigenvalue weighted by molar-refractivity contribution is -0.137. The molecule has 0 fully saturated rings. The van der Waals surface area contributed by atoms with Crippen molar-refractivity contribution in [2.75, 3.05) is 30.4 Å². The molecule has 0 saturated heterocycles. The van der Waals surface area contributed by atoms with Gasteiger partial charge >= 0.3 is 5.97 Å². The van der Waals surface area contributed by atoms with Gasteiger partial charge in [0.2, 0.25) is 11.9 Å². The van der Waals surface area contributed by atoms with Crippen LogP contribution in [0.1, 0.15) is 38.5 Å². The molecule has 8 heterocycles. The number of ether oxygens (including phenoxy) is 2. The van der Waals surface area contributed by atoms with Crippen LogP contribution in [0.4, 0.5) is 23.3 Å². The van der Waals surface area contributed by atoms with Crippen molar-refractivity contribution < 1.29 is 24.2 Å². The number of carbonyl (C=O) groups excluding carboxylic acids is 1. The van der Waals surface area contributed by atoms with Gasteiger partial charge in [-0.05, 0) is 74.3 Å². The van der Waals surface area contributed by atoms with Gasteiger partial charge in [-0.1, -0.05) is 10.4 Å². The molecule has 6 bridgehead atoms. The van der Waals surface area contributed by atoms with Crippen LogP contribution in [0.25, 0.3) is 33.7 Å². The average molecular weight is 828 g/mol. The van der Waals surface area contributed by atoms with Gasteiger partial charge in [-0.3, -0.25) is 19.0 Å². The molecule has 0 radical (unpaired) electrons. The van der Waals surface area contributed by atoms with E-state index in [1.54, 1.807) is 40.3 Å². The number of carbonyl (C=O) groups is 2. The molecule has 22 nitrogen and oxygen atoms in total. The number of nitrogens with zero attached hydrogens (tertiary/aromatic N) is 14. The van der Waals surface area contributed by atoms with E-state index in [2.05, 4.69) is 61.4 Å². The second kappa shape index (κ2) is 18.8. The van der Waals surface area contributed by atoms with Gasteiger partial charge < -0.3 is 30.9 Å². The van der Waals surface area contributed by atoms with Crippen LogP contribution in [-0.4, -0.2) is 106 Å². The molecule has 6 aromatic heterocycles. The highest BCUT2D eigenvalue weighted by Crippen LogP contribution is 2.23. The number of Topliss-reactive ketones (excluding diaryl/α,β-unsaturated/α-hetero) is 1. The molecule has 312 valence electrons. The summed E-state index contributed by atoms with van der Waals surface area (Å²) in [7, 11) is 0. The summed E-state index contributed by atoms with van der Waals surface area (Å²) < 4.78 is 17.8. The minimum atomic E-state index is -0.887. The molecular formula is C39H41N17O5. The number of ketones is 1. The topological polar surface area (TPSA) is 272 Å². The van der Waals surface area contributed by atoms with Gasteiger partial charge in [0.05, 0.1) is 63.4 Å². The number of hydrogen-bond acceptors (Lipinski definition) is 17. The second-order valence-electron chi connectivity index (χ2n) is 13.8. The lowest BCUT2D eigenvalue weighted by Crippen LogP contribution is -2.07. The highest BCUT2D eigenvalue weighted by molar-refractivity contribution is 5.78. The van der Waals surface area contributed by atoms with Gasteiger partial charge in [0.1, 0.15) is 28.7 Å². The molecule has 0 spiro atoms. The van der Waals surface area contributed by atoms with E-state index in [0.29, 0.717) is 79.1 Å². The van der Waals surface area contributed by atoms with Crippen LogP contribution in [-0.2, 0) is 22.7 Å². The summed E-state index contributed by atoms with van der Waals surface area (Å²) in [4.78, 5) is 40.6. The predicted octanol–water partition coefficient (Wildman–Crippen LogP) is 4.03. The van der Waals surface area contributed by atoms with E-state index in [4.69, 9.17) is 20.3 Å². The monoisotopic (exact) mass is 827 g/mol. The van der Waals surface area contributed by atoms with Crippen LogP contribution in [0.3, 0.4) is 0 Å². The molecule has 22 heteroatoms. The first kappa shape index (κ1) is 39.9. The number of nitrogens with two attached hydrogens (primary N) is 1. The summed E-state index contributed by atoms with van der Waals surface area (Å²) in [5.74, 6) is 1.70. The molecule has 2 aliphatic rings. The maximum Gasteiger partial charge on any atom is 0.305 e. The molecule has 2 aromatic carbocycles. The van der Waals surface area contributed by atoms with Gasteiger partial charge in [0.25, 0.3) is 0 Å². The number of carboxylic acid groups (broad SMARTS) is 1. The number of carboxylic acids is 1. The van der Waals surface area contributed by atoms with Gasteiger partial charge in [0.15, 0.2) is 22.3 Å². The third-order valence-electron chi connectivity index (χ3n) is 9.24. The van der Waals surface area contributed by atoms with Crippen LogP contribution in [0.15, 0.2) is 85.7 Å². The van der Waals surface area contributed by atoms with Crippen molar-refractivity contribution in [3.8, 4) is 22.9 Å². The molecule has 2 aliphatic heterocycles. The summed E-state index contributed by atoms with van der Waals surface area (Å²) in [6.07, 6.45) is 13.4. The van der Waals surface area contributed by atoms with E-state index < -0.39 is 5.97 Å². The molecule has 8 aromatic rings. The normalized spacial score (nSPS) is 13.0. The summed E-state index contributed by atoms with van der Waals surface area (Å²) in [6.45, 7) is 2.53. The lowest BCUT2D eigenvalue weighted by Gasteiger charge is -2.09. The zero-order valence-electron chi connectivity index (χ0n) is 32.8. The Hall–Kier alpha value is -7.88. The van der Waals surface area contributed by atoms with Gasteiger partial charge in [-0.15, -0.1) is 10.2 Å². The number of aryl methyl sites for hydroxylation is 2. The maximum absolute atomic E-state index is 12.2. The number of rotatable bonds is 10. The fourth-order valence-corrected chi connectivity index (χ4v) is 6.08. The molecule has 0 saturated carbocycles. The van der Waals surface area contributed by atoms with Gasteiger partial charge in [-0.25, -0.2) is 9.97 Å². The standard InChI is InChI=1S/C20H20N8O2.C19H21N9O3/c29-16-3-1-2-10-30-17-6-4-14(5-7-17)23-20-21-12-18-19(24-20)28(26-25-18)15-11-22-27(13-15)9-8-16;20-7-1-9-31-15-4-2-13(3-5-15)23-19-21-11-16-18(24-19)28(26-25-16)14-10-22-27(12-14)8-6-17(29)30/h4-7,11-13H,1-3,8-10H2,(H,21,23,24);2-5,10-12H,1,6-9,20H2,(H,29,30)(H,21,23,24). The van der Waals surface area contributed by atoms with Crippen LogP contribution in [0.2, 0.25) is 0 Å². The number of anilines is 4. The van der Waals surface area contributed by atoms with E-state index in [1.807, 2.05) is 54.7 Å². The van der Waals surface area contributed by atoms with Gasteiger partial charge in [-0.2, -0.15) is 29.5 Å².